The van der Waals surface area contributed by atoms with Gasteiger partial charge in [-0.3, -0.25) is 0 Å². The summed E-state index contributed by atoms with van der Waals surface area (Å²) in [7, 11) is 1.38. The Labute approximate surface area is 118 Å². The molecule has 2 amide bonds. The second-order valence-electron chi connectivity index (χ2n) is 4.34. The van der Waals surface area contributed by atoms with Gasteiger partial charge in [-0.25, -0.2) is 9.59 Å². The minimum Gasteiger partial charge on any atom is -0.480 e. The van der Waals surface area contributed by atoms with E-state index in [9.17, 15) is 9.59 Å². The van der Waals surface area contributed by atoms with E-state index in [1.165, 1.54) is 12.7 Å². The van der Waals surface area contributed by atoms with Crippen LogP contribution in [-0.4, -0.2) is 43.4 Å². The van der Waals surface area contributed by atoms with Gasteiger partial charge in [-0.15, -0.1) is 0 Å². The fourth-order valence-electron chi connectivity index (χ4n) is 1.69. The summed E-state index contributed by atoms with van der Waals surface area (Å²) in [5.41, 5.74) is 1.21. The molecule has 20 heavy (non-hydrogen) atoms. The molecule has 0 radical (unpaired) electrons. The predicted molar refractivity (Wildman–Crippen MR) is 74.6 cm³/mol. The van der Waals surface area contributed by atoms with Crippen LogP contribution < -0.4 is 10.6 Å². The molecule has 0 saturated heterocycles. The largest absolute Gasteiger partial charge is 0.480 e. The Bertz CT molecular complexity index is 422. The maximum Gasteiger partial charge on any atom is 0.328 e. The standard InChI is InChI=1S/C14H20N2O4/c1-20-10-12(13(17)18)16-14(19)15-9-5-8-11-6-3-2-4-7-11/h2-4,6-7,12H,5,8-10H2,1H3,(H,17,18)(H2,15,16,19). The number of carboxylic acid groups (broad SMARTS) is 1. The van der Waals surface area contributed by atoms with Gasteiger partial charge < -0.3 is 20.5 Å². The molecule has 3 N–H and O–H groups in total. The number of nitrogens with one attached hydrogen (secondary N) is 2. The van der Waals surface area contributed by atoms with Gasteiger partial charge >= 0.3 is 12.0 Å². The van der Waals surface area contributed by atoms with Gasteiger partial charge in [0.15, 0.2) is 6.04 Å². The van der Waals surface area contributed by atoms with Crippen LogP contribution in [0.1, 0.15) is 12.0 Å². The average Bonchev–Trinajstić information content (AvgIpc) is 2.44. The van der Waals surface area contributed by atoms with Crippen molar-refractivity contribution in [1.82, 2.24) is 10.6 Å². The maximum atomic E-state index is 11.5. The molecule has 1 unspecified atom stereocenters. The quantitative estimate of drug-likeness (QED) is 0.620. The fraction of sp³-hybridized carbons (Fsp3) is 0.429. The van der Waals surface area contributed by atoms with Crippen molar-refractivity contribution in [3.8, 4) is 0 Å². The Kier molecular flexibility index (Phi) is 7.13. The number of aliphatic carboxylic acids is 1. The third kappa shape index (κ3) is 6.19. The summed E-state index contributed by atoms with van der Waals surface area (Å²) in [5, 5.41) is 13.8. The lowest BCUT2D eigenvalue weighted by atomic mass is 10.1. The van der Waals surface area contributed by atoms with Crippen molar-refractivity contribution in [2.75, 3.05) is 20.3 Å². The van der Waals surface area contributed by atoms with Crippen molar-refractivity contribution in [3.05, 3.63) is 35.9 Å². The van der Waals surface area contributed by atoms with Crippen molar-refractivity contribution < 1.29 is 19.4 Å². The topological polar surface area (TPSA) is 87.7 Å². The van der Waals surface area contributed by atoms with Gasteiger partial charge in [0.05, 0.1) is 6.61 Å². The Morgan fingerprint density at radius 1 is 1.30 bits per heavy atom. The van der Waals surface area contributed by atoms with Crippen LogP contribution in [0.3, 0.4) is 0 Å². The Morgan fingerprint density at radius 2 is 2.00 bits per heavy atom. The summed E-state index contributed by atoms with van der Waals surface area (Å²) in [4.78, 5) is 22.3. The molecule has 6 heteroatoms. The van der Waals surface area contributed by atoms with Crippen LogP contribution in [0.25, 0.3) is 0 Å². The number of carbonyl (C=O) groups excluding carboxylic acids is 1. The summed E-state index contributed by atoms with van der Waals surface area (Å²) in [6.07, 6.45) is 1.65. The van der Waals surface area contributed by atoms with E-state index in [1.807, 2.05) is 30.3 Å². The SMILES string of the molecule is COCC(NC(=O)NCCCc1ccccc1)C(=O)O. The number of hydrogen-bond donors (Lipinski definition) is 3. The molecule has 0 aliphatic heterocycles. The smallest absolute Gasteiger partial charge is 0.328 e. The zero-order chi connectivity index (χ0) is 14.8. The lowest BCUT2D eigenvalue weighted by Crippen LogP contribution is -2.48. The summed E-state index contributed by atoms with van der Waals surface area (Å²) < 4.78 is 4.73. The van der Waals surface area contributed by atoms with E-state index in [-0.39, 0.29) is 6.61 Å². The van der Waals surface area contributed by atoms with Gasteiger partial charge in [0, 0.05) is 13.7 Å². The number of carboxylic acids is 1. The Balaban J connectivity index is 2.21. The van der Waals surface area contributed by atoms with Crippen molar-refractivity contribution >= 4 is 12.0 Å². The third-order valence-corrected chi connectivity index (χ3v) is 2.71. The Morgan fingerprint density at radius 3 is 2.60 bits per heavy atom. The molecule has 1 aromatic rings. The summed E-state index contributed by atoms with van der Waals surface area (Å²) in [5.74, 6) is -1.12. The molecule has 6 nitrogen and oxygen atoms in total. The molecule has 0 bridgehead atoms. The average molecular weight is 280 g/mol. The van der Waals surface area contributed by atoms with Gasteiger partial charge in [-0.2, -0.15) is 0 Å². The number of carbonyl (C=O) groups is 2. The highest BCUT2D eigenvalue weighted by Crippen LogP contribution is 2.01. The van der Waals surface area contributed by atoms with E-state index in [2.05, 4.69) is 10.6 Å². The number of aryl methyl sites for hydroxylation is 1. The molecule has 0 heterocycles. The molecule has 0 aliphatic rings. The monoisotopic (exact) mass is 280 g/mol. The van der Waals surface area contributed by atoms with E-state index in [0.29, 0.717) is 6.54 Å². The molecule has 0 fully saturated rings. The molecule has 110 valence electrons. The first-order valence-electron chi connectivity index (χ1n) is 6.43. The number of urea groups is 1. The molecular formula is C14H20N2O4. The number of methoxy groups -OCH3 is 1. The molecule has 0 saturated carbocycles. The van der Waals surface area contributed by atoms with Gasteiger partial charge in [-0.05, 0) is 18.4 Å². The molecule has 1 aromatic carbocycles. The van der Waals surface area contributed by atoms with Crippen LogP contribution in [-0.2, 0) is 16.0 Å². The predicted octanol–water partition coefficient (Wildman–Crippen LogP) is 1.02. The molecular weight excluding hydrogens is 260 g/mol. The minimum atomic E-state index is -1.12. The zero-order valence-electron chi connectivity index (χ0n) is 11.5. The zero-order valence-corrected chi connectivity index (χ0v) is 11.5. The highest BCUT2D eigenvalue weighted by molar-refractivity contribution is 5.82. The van der Waals surface area contributed by atoms with Gasteiger partial charge in [0.25, 0.3) is 0 Å². The van der Waals surface area contributed by atoms with Crippen LogP contribution in [0.15, 0.2) is 30.3 Å². The van der Waals surface area contributed by atoms with E-state index in [0.717, 1.165) is 12.8 Å². The molecule has 0 aromatic heterocycles. The van der Waals surface area contributed by atoms with E-state index >= 15 is 0 Å². The summed E-state index contributed by atoms with van der Waals surface area (Å²) in [6.45, 7) is 0.423. The van der Waals surface area contributed by atoms with E-state index in [4.69, 9.17) is 9.84 Å². The number of hydrogen-bond acceptors (Lipinski definition) is 3. The number of benzene rings is 1. The van der Waals surface area contributed by atoms with E-state index < -0.39 is 18.0 Å². The van der Waals surface area contributed by atoms with E-state index in [1.54, 1.807) is 0 Å². The van der Waals surface area contributed by atoms with Crippen LogP contribution >= 0.6 is 0 Å². The Hall–Kier alpha value is -2.08. The van der Waals surface area contributed by atoms with Crippen molar-refractivity contribution in [3.63, 3.8) is 0 Å². The molecule has 0 spiro atoms. The molecule has 0 aliphatic carbocycles. The van der Waals surface area contributed by atoms with Crippen LogP contribution in [0.4, 0.5) is 4.79 Å². The van der Waals surface area contributed by atoms with Gasteiger partial charge in [0.2, 0.25) is 0 Å². The van der Waals surface area contributed by atoms with Crippen LogP contribution in [0, 0.1) is 0 Å². The molecule has 1 atom stereocenters. The van der Waals surface area contributed by atoms with Crippen molar-refractivity contribution in [2.45, 2.75) is 18.9 Å². The van der Waals surface area contributed by atoms with Crippen LogP contribution in [0.5, 0.6) is 0 Å². The first kappa shape index (κ1) is 16.0. The molecule has 1 rings (SSSR count). The minimum absolute atomic E-state index is 0.0627. The first-order chi connectivity index (χ1) is 9.63. The number of rotatable bonds is 8. The lowest BCUT2D eigenvalue weighted by Gasteiger charge is -2.14. The van der Waals surface area contributed by atoms with Gasteiger partial charge in [0.1, 0.15) is 0 Å². The first-order valence-corrected chi connectivity index (χ1v) is 6.43. The van der Waals surface area contributed by atoms with Crippen molar-refractivity contribution in [2.24, 2.45) is 0 Å². The highest BCUT2D eigenvalue weighted by Gasteiger charge is 2.19. The number of ether oxygens (including phenoxy) is 1. The second-order valence-corrected chi connectivity index (χ2v) is 4.34. The maximum absolute atomic E-state index is 11.5. The second kappa shape index (κ2) is 8.92. The lowest BCUT2D eigenvalue weighted by molar-refractivity contribution is -0.140. The number of amides is 2. The van der Waals surface area contributed by atoms with Gasteiger partial charge in [-0.1, -0.05) is 30.3 Å². The summed E-state index contributed by atoms with van der Waals surface area (Å²) in [6, 6.07) is 8.42. The fourth-order valence-corrected chi connectivity index (χ4v) is 1.69. The van der Waals surface area contributed by atoms with Crippen molar-refractivity contribution in [1.29, 1.82) is 0 Å². The highest BCUT2D eigenvalue weighted by atomic mass is 16.5. The van der Waals surface area contributed by atoms with Crippen LogP contribution in [0.2, 0.25) is 0 Å². The normalized spacial score (nSPS) is 11.7. The summed E-state index contributed by atoms with van der Waals surface area (Å²) >= 11 is 0. The third-order valence-electron chi connectivity index (χ3n) is 2.71.